The lowest BCUT2D eigenvalue weighted by molar-refractivity contribution is 0.574. The first kappa shape index (κ1) is 26.9. The zero-order valence-electron chi connectivity index (χ0n) is 20.8. The van der Waals surface area contributed by atoms with Crippen LogP contribution in [0.4, 0.5) is 0 Å². The Morgan fingerprint density at radius 1 is 0.688 bits per heavy atom. The average Bonchev–Trinajstić information content (AvgIpc) is 3.20. The van der Waals surface area contributed by atoms with Crippen LogP contribution in [0.15, 0.2) is 18.2 Å². The number of aromatic amines is 1. The molecule has 0 amide bonds. The topological polar surface area (TPSA) is 15.8 Å². The number of aromatic nitrogens is 1. The van der Waals surface area contributed by atoms with Gasteiger partial charge in [0.1, 0.15) is 0 Å². The molecular formula is C30H46ClN. The number of hydrogen-bond acceptors (Lipinski definition) is 0. The predicted molar refractivity (Wildman–Crippen MR) is 144 cm³/mol. The minimum atomic E-state index is 0.793. The lowest BCUT2D eigenvalue weighted by atomic mass is 10.1. The molecule has 0 aliphatic heterocycles. The van der Waals surface area contributed by atoms with Gasteiger partial charge in [0.25, 0.3) is 0 Å². The highest BCUT2D eigenvalue weighted by Gasteiger charge is 2.06. The van der Waals surface area contributed by atoms with Crippen molar-refractivity contribution in [1.82, 2.24) is 4.98 Å². The fraction of sp³-hybridized carbons (Fsp3) is 0.667. The Bertz CT molecular complexity index is 807. The van der Waals surface area contributed by atoms with E-state index in [0.717, 1.165) is 28.9 Å². The zero-order chi connectivity index (χ0) is 22.9. The summed E-state index contributed by atoms with van der Waals surface area (Å²) in [6.07, 6.45) is 23.7. The number of rotatable bonds is 17. The first-order valence-electron chi connectivity index (χ1n) is 13.5. The molecule has 1 aromatic carbocycles. The minimum absolute atomic E-state index is 0.793. The van der Waals surface area contributed by atoms with E-state index in [-0.39, 0.29) is 0 Å². The lowest BCUT2D eigenvalue weighted by Gasteiger charge is -2.01. The molecule has 0 bridgehead atoms. The highest BCUT2D eigenvalue weighted by atomic mass is 35.5. The predicted octanol–water partition coefficient (Wildman–Crippen LogP) is 10.4. The van der Waals surface area contributed by atoms with Crippen molar-refractivity contribution >= 4 is 22.5 Å². The van der Waals surface area contributed by atoms with Gasteiger partial charge in [-0.15, -0.1) is 0 Å². The lowest BCUT2D eigenvalue weighted by Crippen LogP contribution is -1.86. The van der Waals surface area contributed by atoms with Crippen molar-refractivity contribution in [2.24, 2.45) is 0 Å². The fourth-order valence-electron chi connectivity index (χ4n) is 4.43. The van der Waals surface area contributed by atoms with Gasteiger partial charge in [0.05, 0.1) is 10.5 Å². The maximum absolute atomic E-state index is 6.55. The van der Waals surface area contributed by atoms with Crippen molar-refractivity contribution in [2.75, 3.05) is 0 Å². The second kappa shape index (κ2) is 17.1. The second-order valence-corrected chi connectivity index (χ2v) is 9.88. The van der Waals surface area contributed by atoms with E-state index in [1.165, 1.54) is 114 Å². The summed E-state index contributed by atoms with van der Waals surface area (Å²) in [6.45, 7) is 4.55. The van der Waals surface area contributed by atoms with E-state index < -0.39 is 0 Å². The molecule has 2 rings (SSSR count). The zero-order valence-corrected chi connectivity index (χ0v) is 21.6. The van der Waals surface area contributed by atoms with Gasteiger partial charge in [-0.2, -0.15) is 0 Å². The smallest absolute Gasteiger partial charge is 0.0659 e. The largest absolute Gasteiger partial charge is 0.357 e. The fourth-order valence-corrected chi connectivity index (χ4v) is 4.70. The van der Waals surface area contributed by atoms with Crippen LogP contribution < -0.4 is 0 Å². The number of nitrogens with one attached hydrogen (secondary N) is 1. The molecule has 0 spiro atoms. The van der Waals surface area contributed by atoms with Crippen LogP contribution in [0.1, 0.15) is 134 Å². The molecule has 0 aliphatic carbocycles. The van der Waals surface area contributed by atoms with Gasteiger partial charge >= 0.3 is 0 Å². The second-order valence-electron chi connectivity index (χ2n) is 9.47. The first-order chi connectivity index (χ1) is 15.7. The third-order valence-corrected chi connectivity index (χ3v) is 6.72. The Hall–Kier alpha value is -1.39. The minimum Gasteiger partial charge on any atom is -0.357 e. The number of aryl methyl sites for hydroxylation is 1. The van der Waals surface area contributed by atoms with E-state index in [1.54, 1.807) is 0 Å². The molecule has 32 heavy (non-hydrogen) atoms. The van der Waals surface area contributed by atoms with Crippen molar-refractivity contribution in [3.05, 3.63) is 34.5 Å². The summed E-state index contributed by atoms with van der Waals surface area (Å²) in [5.74, 6) is 6.70. The van der Waals surface area contributed by atoms with Crippen LogP contribution in [0.5, 0.6) is 0 Å². The van der Waals surface area contributed by atoms with E-state index in [4.69, 9.17) is 11.6 Å². The standard InChI is InChI=1S/C30H46ClN/c1-3-5-7-9-11-13-14-15-17-19-21-26-23-27-25-28(32-30(27)29(31)24-26)22-20-18-16-12-10-8-6-4-2/h23-25,32H,3-18,20,22H2,1-2H3. The molecule has 1 aromatic heterocycles. The summed E-state index contributed by atoms with van der Waals surface area (Å²) in [4.78, 5) is 3.54. The summed E-state index contributed by atoms with van der Waals surface area (Å²) in [5.41, 5.74) is 3.41. The van der Waals surface area contributed by atoms with Crippen LogP contribution in [0.25, 0.3) is 10.9 Å². The first-order valence-corrected chi connectivity index (χ1v) is 13.9. The molecule has 2 aromatic rings. The summed E-state index contributed by atoms with van der Waals surface area (Å²) in [6, 6.07) is 6.48. The molecule has 0 unspecified atom stereocenters. The molecule has 1 nitrogen and oxygen atoms in total. The molecule has 178 valence electrons. The summed E-state index contributed by atoms with van der Waals surface area (Å²) in [5, 5.41) is 1.99. The van der Waals surface area contributed by atoms with Crippen molar-refractivity contribution in [1.29, 1.82) is 0 Å². The summed E-state index contributed by atoms with van der Waals surface area (Å²) < 4.78 is 0. The van der Waals surface area contributed by atoms with Crippen LogP contribution in [-0.2, 0) is 6.42 Å². The molecular weight excluding hydrogens is 410 g/mol. The van der Waals surface area contributed by atoms with Crippen molar-refractivity contribution in [3.63, 3.8) is 0 Å². The molecule has 0 radical (unpaired) electrons. The highest BCUT2D eigenvalue weighted by molar-refractivity contribution is 6.35. The van der Waals surface area contributed by atoms with E-state index in [2.05, 4.69) is 42.8 Å². The molecule has 0 atom stereocenters. The van der Waals surface area contributed by atoms with E-state index >= 15 is 0 Å². The van der Waals surface area contributed by atoms with Gasteiger partial charge in [-0.1, -0.05) is 127 Å². The van der Waals surface area contributed by atoms with Crippen LogP contribution >= 0.6 is 11.6 Å². The number of halogens is 1. The monoisotopic (exact) mass is 455 g/mol. The van der Waals surface area contributed by atoms with E-state index in [1.807, 2.05) is 6.07 Å². The number of H-pyrrole nitrogens is 1. The third-order valence-electron chi connectivity index (χ3n) is 6.42. The molecule has 0 saturated heterocycles. The number of fused-ring (bicyclic) bond motifs is 1. The Kier molecular flexibility index (Phi) is 14.4. The van der Waals surface area contributed by atoms with Crippen molar-refractivity contribution in [3.8, 4) is 11.8 Å². The third kappa shape index (κ3) is 11.0. The van der Waals surface area contributed by atoms with Gasteiger partial charge in [0.15, 0.2) is 0 Å². The molecule has 0 aliphatic rings. The SMILES string of the molecule is CCCCCCCCCCC#Cc1cc(Cl)c2[nH]c(CCCCCCCCCC)cc2c1. The van der Waals surface area contributed by atoms with E-state index in [0.29, 0.717) is 0 Å². The van der Waals surface area contributed by atoms with Crippen LogP contribution in [-0.4, -0.2) is 4.98 Å². The van der Waals surface area contributed by atoms with Crippen LogP contribution in [0, 0.1) is 11.8 Å². The Morgan fingerprint density at radius 3 is 1.88 bits per heavy atom. The summed E-state index contributed by atoms with van der Waals surface area (Å²) >= 11 is 6.55. The molecule has 2 heteroatoms. The Balaban J connectivity index is 1.70. The maximum atomic E-state index is 6.55. The van der Waals surface area contributed by atoms with Gasteiger partial charge < -0.3 is 4.98 Å². The highest BCUT2D eigenvalue weighted by Crippen LogP contribution is 2.26. The van der Waals surface area contributed by atoms with Crippen molar-refractivity contribution in [2.45, 2.75) is 129 Å². The van der Waals surface area contributed by atoms with Crippen LogP contribution in [0.2, 0.25) is 5.02 Å². The van der Waals surface area contributed by atoms with E-state index in [9.17, 15) is 0 Å². The van der Waals surface area contributed by atoms with Gasteiger partial charge in [-0.05, 0) is 37.5 Å². The quantitative estimate of drug-likeness (QED) is 0.180. The van der Waals surface area contributed by atoms with Gasteiger partial charge in [-0.25, -0.2) is 0 Å². The Morgan fingerprint density at radius 2 is 1.25 bits per heavy atom. The molecule has 1 N–H and O–H groups in total. The normalized spacial score (nSPS) is 11.1. The maximum Gasteiger partial charge on any atom is 0.0659 e. The molecule has 0 saturated carbocycles. The number of unbranched alkanes of at least 4 members (excludes halogenated alkanes) is 15. The van der Waals surface area contributed by atoms with Gasteiger partial charge in [0, 0.05) is 23.1 Å². The number of hydrogen-bond donors (Lipinski definition) is 1. The van der Waals surface area contributed by atoms with Gasteiger partial charge in [-0.3, -0.25) is 0 Å². The van der Waals surface area contributed by atoms with Gasteiger partial charge in [0.2, 0.25) is 0 Å². The molecule has 1 heterocycles. The average molecular weight is 456 g/mol. The summed E-state index contributed by atoms with van der Waals surface area (Å²) in [7, 11) is 0. The molecule has 0 fully saturated rings. The number of benzene rings is 1. The van der Waals surface area contributed by atoms with Crippen LogP contribution in [0.3, 0.4) is 0 Å². The van der Waals surface area contributed by atoms with Crippen molar-refractivity contribution < 1.29 is 0 Å². The Labute approximate surface area is 203 Å².